The highest BCUT2D eigenvalue weighted by molar-refractivity contribution is 6.29. The summed E-state index contributed by atoms with van der Waals surface area (Å²) in [4.78, 5) is 16.0. The molecule has 0 saturated heterocycles. The van der Waals surface area contributed by atoms with E-state index in [0.717, 1.165) is 11.0 Å². The summed E-state index contributed by atoms with van der Waals surface area (Å²) in [6.07, 6.45) is 1.84. The lowest BCUT2D eigenvalue weighted by molar-refractivity contribution is -0.126. The highest BCUT2D eigenvalue weighted by atomic mass is 35.5. The molecule has 0 aliphatic rings. The summed E-state index contributed by atoms with van der Waals surface area (Å²) in [6, 6.07) is 5.66. The van der Waals surface area contributed by atoms with Crippen molar-refractivity contribution in [2.45, 2.75) is 0 Å². The standard InChI is InChI=1S/C7H5ClN2.C2H4O2/c8-6-2-1-5-3-4-9-7(5)10-6;1-4-2-3/h1-4H,(H,9,10);2H,1H3. The van der Waals surface area contributed by atoms with Crippen LogP contribution in [0.1, 0.15) is 0 Å². The van der Waals surface area contributed by atoms with Gasteiger partial charge in [0.25, 0.3) is 6.47 Å². The SMILES string of the molecule is COC=O.Clc1ccc2cc[nH]c2n1. The van der Waals surface area contributed by atoms with Gasteiger partial charge in [-0.25, -0.2) is 4.98 Å². The highest BCUT2D eigenvalue weighted by Crippen LogP contribution is 2.12. The molecule has 14 heavy (non-hydrogen) atoms. The van der Waals surface area contributed by atoms with E-state index >= 15 is 0 Å². The molecule has 0 aliphatic heterocycles. The first-order chi connectivity index (χ1) is 6.77. The molecule has 74 valence electrons. The Balaban J connectivity index is 0.000000213. The van der Waals surface area contributed by atoms with Crippen molar-refractivity contribution >= 4 is 29.1 Å². The number of carbonyl (C=O) groups is 1. The molecule has 2 rings (SSSR count). The van der Waals surface area contributed by atoms with Crippen molar-refractivity contribution in [3.63, 3.8) is 0 Å². The van der Waals surface area contributed by atoms with Gasteiger partial charge in [0.2, 0.25) is 0 Å². The monoisotopic (exact) mass is 212 g/mol. The van der Waals surface area contributed by atoms with Gasteiger partial charge >= 0.3 is 0 Å². The van der Waals surface area contributed by atoms with E-state index in [9.17, 15) is 0 Å². The molecule has 2 aromatic rings. The average molecular weight is 213 g/mol. The normalized spacial score (nSPS) is 9.00. The maximum Gasteiger partial charge on any atom is 0.292 e. The summed E-state index contributed by atoms with van der Waals surface area (Å²) in [7, 11) is 1.31. The quantitative estimate of drug-likeness (QED) is 0.581. The van der Waals surface area contributed by atoms with Crippen LogP contribution in [0.5, 0.6) is 0 Å². The smallest absolute Gasteiger partial charge is 0.292 e. The van der Waals surface area contributed by atoms with Gasteiger partial charge in [-0.05, 0) is 18.2 Å². The van der Waals surface area contributed by atoms with Crippen molar-refractivity contribution in [1.29, 1.82) is 0 Å². The molecule has 2 heterocycles. The van der Waals surface area contributed by atoms with E-state index in [1.165, 1.54) is 7.11 Å². The molecule has 0 atom stereocenters. The van der Waals surface area contributed by atoms with Crippen LogP contribution in [-0.4, -0.2) is 23.5 Å². The number of H-pyrrole nitrogens is 1. The van der Waals surface area contributed by atoms with Gasteiger partial charge in [-0.3, -0.25) is 4.79 Å². The predicted octanol–water partition coefficient (Wildman–Crippen LogP) is 2.01. The van der Waals surface area contributed by atoms with E-state index in [-0.39, 0.29) is 0 Å². The van der Waals surface area contributed by atoms with Crippen molar-refractivity contribution in [3.8, 4) is 0 Å². The third-order valence-corrected chi connectivity index (χ3v) is 1.68. The molecule has 0 saturated carbocycles. The number of nitrogens with zero attached hydrogens (tertiary/aromatic N) is 1. The predicted molar refractivity (Wildman–Crippen MR) is 54.2 cm³/mol. The van der Waals surface area contributed by atoms with Crippen LogP contribution in [0.2, 0.25) is 5.15 Å². The van der Waals surface area contributed by atoms with E-state index in [4.69, 9.17) is 16.4 Å². The fourth-order valence-electron chi connectivity index (χ4n) is 0.907. The minimum Gasteiger partial charge on any atom is -0.471 e. The van der Waals surface area contributed by atoms with Gasteiger partial charge in [-0.1, -0.05) is 11.6 Å². The van der Waals surface area contributed by atoms with Crippen molar-refractivity contribution in [3.05, 3.63) is 29.5 Å². The number of aromatic amines is 1. The molecule has 0 aliphatic carbocycles. The molecular weight excluding hydrogens is 204 g/mol. The van der Waals surface area contributed by atoms with E-state index in [1.807, 2.05) is 18.3 Å². The summed E-state index contributed by atoms with van der Waals surface area (Å²) in [5.41, 5.74) is 0.840. The van der Waals surface area contributed by atoms with Crippen molar-refractivity contribution in [2.75, 3.05) is 7.11 Å². The van der Waals surface area contributed by atoms with E-state index < -0.39 is 0 Å². The Morgan fingerprint density at radius 3 is 2.86 bits per heavy atom. The molecular formula is C9H9ClN2O2. The van der Waals surface area contributed by atoms with Gasteiger partial charge in [-0.15, -0.1) is 0 Å². The Labute approximate surface area is 85.9 Å². The molecule has 0 aromatic carbocycles. The van der Waals surface area contributed by atoms with E-state index in [2.05, 4.69) is 14.7 Å². The summed E-state index contributed by atoms with van der Waals surface area (Å²) >= 11 is 5.64. The van der Waals surface area contributed by atoms with Crippen molar-refractivity contribution in [1.82, 2.24) is 9.97 Å². The Bertz CT molecular complexity index is 414. The molecule has 0 bridgehead atoms. The number of aromatic nitrogens is 2. The lowest BCUT2D eigenvalue weighted by atomic mass is 10.3. The fourth-order valence-corrected chi connectivity index (χ4v) is 1.05. The number of pyridine rings is 1. The molecule has 0 spiro atoms. The summed E-state index contributed by atoms with van der Waals surface area (Å²) in [5, 5.41) is 1.61. The number of methoxy groups -OCH3 is 1. The minimum absolute atomic E-state index is 0.375. The molecule has 5 heteroatoms. The van der Waals surface area contributed by atoms with Crippen LogP contribution in [0.4, 0.5) is 0 Å². The van der Waals surface area contributed by atoms with Gasteiger partial charge in [0.15, 0.2) is 0 Å². The molecule has 4 nitrogen and oxygen atoms in total. The third kappa shape index (κ3) is 2.74. The minimum atomic E-state index is 0.375. The average Bonchev–Trinajstić information content (AvgIpc) is 2.65. The number of rotatable bonds is 1. The number of halogens is 1. The lowest BCUT2D eigenvalue weighted by Crippen LogP contribution is -1.74. The van der Waals surface area contributed by atoms with E-state index in [0.29, 0.717) is 11.6 Å². The molecule has 0 unspecified atom stereocenters. The zero-order valence-electron chi connectivity index (χ0n) is 7.53. The maximum atomic E-state index is 8.95. The number of hydrogen-bond donors (Lipinski definition) is 1. The molecule has 1 N–H and O–H groups in total. The van der Waals surface area contributed by atoms with Crippen LogP contribution in [-0.2, 0) is 9.53 Å². The summed E-state index contributed by atoms with van der Waals surface area (Å²) in [6.45, 7) is 0.375. The van der Waals surface area contributed by atoms with Crippen LogP contribution in [0.3, 0.4) is 0 Å². The lowest BCUT2D eigenvalue weighted by Gasteiger charge is -1.87. The van der Waals surface area contributed by atoms with Crippen LogP contribution < -0.4 is 0 Å². The van der Waals surface area contributed by atoms with Crippen molar-refractivity contribution in [2.24, 2.45) is 0 Å². The van der Waals surface area contributed by atoms with E-state index in [1.54, 1.807) is 6.07 Å². The first kappa shape index (κ1) is 10.5. The second kappa shape index (κ2) is 5.24. The first-order valence-electron chi connectivity index (χ1n) is 3.84. The fraction of sp³-hybridized carbons (Fsp3) is 0.111. The van der Waals surface area contributed by atoms with Crippen LogP contribution in [0.15, 0.2) is 24.4 Å². The summed E-state index contributed by atoms with van der Waals surface area (Å²) in [5.74, 6) is 0. The maximum absolute atomic E-state index is 8.95. The van der Waals surface area contributed by atoms with Gasteiger partial charge < -0.3 is 9.72 Å². The van der Waals surface area contributed by atoms with Gasteiger partial charge in [0, 0.05) is 11.6 Å². The molecule has 2 aromatic heterocycles. The first-order valence-corrected chi connectivity index (χ1v) is 4.22. The van der Waals surface area contributed by atoms with Crippen molar-refractivity contribution < 1.29 is 9.53 Å². The second-order valence-corrected chi connectivity index (χ2v) is 2.77. The Kier molecular flexibility index (Phi) is 3.94. The zero-order chi connectivity index (χ0) is 10.4. The van der Waals surface area contributed by atoms with Crippen LogP contribution >= 0.6 is 11.6 Å². The molecule has 0 amide bonds. The number of hydrogen-bond acceptors (Lipinski definition) is 3. The van der Waals surface area contributed by atoms with Crippen LogP contribution in [0.25, 0.3) is 11.0 Å². The molecule has 0 radical (unpaired) electrons. The van der Waals surface area contributed by atoms with Gasteiger partial charge in [0.1, 0.15) is 10.8 Å². The Morgan fingerprint density at radius 1 is 1.50 bits per heavy atom. The third-order valence-electron chi connectivity index (χ3n) is 1.47. The number of nitrogens with one attached hydrogen (secondary N) is 1. The van der Waals surface area contributed by atoms with Crippen LogP contribution in [0, 0.1) is 0 Å². The summed E-state index contributed by atoms with van der Waals surface area (Å²) < 4.78 is 3.86. The second-order valence-electron chi connectivity index (χ2n) is 2.38. The largest absolute Gasteiger partial charge is 0.471 e. The highest BCUT2D eigenvalue weighted by Gasteiger charge is 1.93. The number of carbonyl (C=O) groups excluding carboxylic acids is 1. The zero-order valence-corrected chi connectivity index (χ0v) is 8.28. The van der Waals surface area contributed by atoms with Gasteiger partial charge in [-0.2, -0.15) is 0 Å². The Hall–Kier alpha value is -1.55. The number of ether oxygens (including phenoxy) is 1. The molecule has 0 fully saturated rings. The van der Waals surface area contributed by atoms with Gasteiger partial charge in [0.05, 0.1) is 7.11 Å². The topological polar surface area (TPSA) is 55.0 Å². The Morgan fingerprint density at radius 2 is 2.21 bits per heavy atom. The number of fused-ring (bicyclic) bond motifs is 1.